The first-order valence-electron chi connectivity index (χ1n) is 6.54. The van der Waals surface area contributed by atoms with Gasteiger partial charge in [0.15, 0.2) is 0 Å². The number of hydrogen-bond acceptors (Lipinski definition) is 4. The van der Waals surface area contributed by atoms with Crippen molar-refractivity contribution in [3.8, 4) is 5.75 Å². The molecule has 0 aliphatic carbocycles. The molecule has 6 nitrogen and oxygen atoms in total. The summed E-state index contributed by atoms with van der Waals surface area (Å²) >= 11 is 0. The Morgan fingerprint density at radius 1 is 1.35 bits per heavy atom. The predicted molar refractivity (Wildman–Crippen MR) is 72.8 cm³/mol. The topological polar surface area (TPSA) is 76.7 Å². The summed E-state index contributed by atoms with van der Waals surface area (Å²) in [4.78, 5) is 23.4. The molecule has 0 aromatic heterocycles. The van der Waals surface area contributed by atoms with Gasteiger partial charge < -0.3 is 14.8 Å². The van der Waals surface area contributed by atoms with Crippen molar-refractivity contribution in [3.05, 3.63) is 29.8 Å². The number of benzene rings is 1. The second-order valence-corrected chi connectivity index (χ2v) is 4.53. The van der Waals surface area contributed by atoms with Gasteiger partial charge in [-0.25, -0.2) is 4.79 Å². The zero-order valence-corrected chi connectivity index (χ0v) is 11.3. The van der Waals surface area contributed by atoms with Crippen molar-refractivity contribution in [2.75, 3.05) is 20.3 Å². The average Bonchev–Trinajstić information content (AvgIpc) is 2.98. The summed E-state index contributed by atoms with van der Waals surface area (Å²) in [6.45, 7) is 1.15. The van der Waals surface area contributed by atoms with E-state index in [0.717, 1.165) is 19.4 Å². The van der Waals surface area contributed by atoms with Gasteiger partial charge in [0.1, 0.15) is 5.75 Å². The Hall–Kier alpha value is -2.08. The third-order valence-corrected chi connectivity index (χ3v) is 3.09. The maximum atomic E-state index is 11.8. The van der Waals surface area contributed by atoms with E-state index >= 15 is 0 Å². The zero-order valence-electron chi connectivity index (χ0n) is 11.3. The van der Waals surface area contributed by atoms with Gasteiger partial charge in [0, 0.05) is 18.7 Å². The normalized spacial score (nSPS) is 17.6. The molecule has 1 heterocycles. The number of ether oxygens (including phenoxy) is 2. The molecule has 20 heavy (non-hydrogen) atoms. The van der Waals surface area contributed by atoms with Crippen LogP contribution in [0.1, 0.15) is 23.2 Å². The van der Waals surface area contributed by atoms with Crippen molar-refractivity contribution >= 4 is 11.9 Å². The number of nitrogens with one attached hydrogen (secondary N) is 2. The van der Waals surface area contributed by atoms with Crippen LogP contribution in [-0.2, 0) is 4.74 Å². The van der Waals surface area contributed by atoms with Gasteiger partial charge in [0.05, 0.1) is 13.2 Å². The van der Waals surface area contributed by atoms with Crippen LogP contribution in [0, 0.1) is 0 Å². The molecule has 0 radical (unpaired) electrons. The number of carbonyl (C=O) groups excluding carboxylic acids is 2. The smallest absolute Gasteiger partial charge is 0.321 e. The molecular weight excluding hydrogens is 260 g/mol. The van der Waals surface area contributed by atoms with Crippen LogP contribution in [0.5, 0.6) is 5.75 Å². The first-order valence-corrected chi connectivity index (χ1v) is 6.54. The lowest BCUT2D eigenvalue weighted by atomic mass is 10.2. The molecule has 2 rings (SSSR count). The molecule has 2 N–H and O–H groups in total. The number of rotatable bonds is 4. The van der Waals surface area contributed by atoms with E-state index in [9.17, 15) is 9.59 Å². The fourth-order valence-electron chi connectivity index (χ4n) is 1.97. The second-order valence-electron chi connectivity index (χ2n) is 4.53. The highest BCUT2D eigenvalue weighted by atomic mass is 16.5. The van der Waals surface area contributed by atoms with Crippen molar-refractivity contribution in [1.82, 2.24) is 10.6 Å². The quantitative estimate of drug-likeness (QED) is 0.870. The lowest BCUT2D eigenvalue weighted by Crippen LogP contribution is -2.42. The molecule has 0 bridgehead atoms. The van der Waals surface area contributed by atoms with Gasteiger partial charge in [0.2, 0.25) is 0 Å². The maximum absolute atomic E-state index is 11.8. The summed E-state index contributed by atoms with van der Waals surface area (Å²) in [6, 6.07) is 6.02. The predicted octanol–water partition coefficient (Wildman–Crippen LogP) is 1.31. The Bertz CT molecular complexity index is 467. The molecule has 0 spiro atoms. The first kappa shape index (κ1) is 14.3. The Morgan fingerprint density at radius 2 is 2.10 bits per heavy atom. The minimum atomic E-state index is -0.513. The summed E-state index contributed by atoms with van der Waals surface area (Å²) < 4.78 is 10.4. The molecule has 108 valence electrons. The van der Waals surface area contributed by atoms with E-state index in [4.69, 9.17) is 9.47 Å². The second kappa shape index (κ2) is 6.91. The summed E-state index contributed by atoms with van der Waals surface area (Å²) in [5.74, 6) is 0.210. The highest BCUT2D eigenvalue weighted by molar-refractivity contribution is 6.04. The van der Waals surface area contributed by atoms with E-state index in [1.165, 1.54) is 0 Å². The van der Waals surface area contributed by atoms with Crippen molar-refractivity contribution < 1.29 is 19.1 Å². The zero-order chi connectivity index (χ0) is 14.4. The largest absolute Gasteiger partial charge is 0.497 e. The van der Waals surface area contributed by atoms with Gasteiger partial charge in [-0.1, -0.05) is 0 Å². The third-order valence-electron chi connectivity index (χ3n) is 3.09. The Labute approximate surface area is 117 Å². The summed E-state index contributed by atoms with van der Waals surface area (Å²) in [7, 11) is 1.55. The summed E-state index contributed by atoms with van der Waals surface area (Å²) in [5, 5.41) is 4.90. The lowest BCUT2D eigenvalue weighted by molar-refractivity contribution is 0.0954. The SMILES string of the molecule is COc1ccc(C(=O)NC(=O)NCC2CCCO2)cc1. The van der Waals surface area contributed by atoms with Crippen molar-refractivity contribution in [1.29, 1.82) is 0 Å². The molecule has 1 unspecified atom stereocenters. The molecule has 1 aromatic rings. The highest BCUT2D eigenvalue weighted by Gasteiger charge is 2.17. The molecule has 6 heteroatoms. The van der Waals surface area contributed by atoms with Crippen LogP contribution in [0.25, 0.3) is 0 Å². The van der Waals surface area contributed by atoms with E-state index in [0.29, 0.717) is 17.9 Å². The Balaban J connectivity index is 1.78. The van der Waals surface area contributed by atoms with E-state index in [1.54, 1.807) is 31.4 Å². The van der Waals surface area contributed by atoms with Crippen LogP contribution in [0.2, 0.25) is 0 Å². The first-order chi connectivity index (χ1) is 9.69. The molecule has 1 fully saturated rings. The number of urea groups is 1. The summed E-state index contributed by atoms with van der Waals surface area (Å²) in [6.07, 6.45) is 2.00. The van der Waals surface area contributed by atoms with Gasteiger partial charge in [-0.3, -0.25) is 10.1 Å². The molecule has 0 saturated carbocycles. The lowest BCUT2D eigenvalue weighted by Gasteiger charge is -2.11. The van der Waals surface area contributed by atoms with Gasteiger partial charge in [0.25, 0.3) is 5.91 Å². The van der Waals surface area contributed by atoms with Gasteiger partial charge in [-0.2, -0.15) is 0 Å². The maximum Gasteiger partial charge on any atom is 0.321 e. The average molecular weight is 278 g/mol. The van der Waals surface area contributed by atoms with Gasteiger partial charge in [-0.15, -0.1) is 0 Å². The minimum Gasteiger partial charge on any atom is -0.497 e. The molecule has 3 amide bonds. The van der Waals surface area contributed by atoms with Crippen LogP contribution < -0.4 is 15.4 Å². The number of hydrogen-bond donors (Lipinski definition) is 2. The van der Waals surface area contributed by atoms with Crippen LogP contribution in [0.3, 0.4) is 0 Å². The number of methoxy groups -OCH3 is 1. The fraction of sp³-hybridized carbons (Fsp3) is 0.429. The van der Waals surface area contributed by atoms with Crippen LogP contribution in [0.15, 0.2) is 24.3 Å². The number of imide groups is 1. The molecule has 1 atom stereocenters. The number of amides is 3. The molecule has 1 saturated heterocycles. The van der Waals surface area contributed by atoms with Crippen LogP contribution in [0.4, 0.5) is 4.79 Å². The standard InChI is InChI=1S/C14H18N2O4/c1-19-11-6-4-10(5-7-11)13(17)16-14(18)15-9-12-3-2-8-20-12/h4-7,12H,2-3,8-9H2,1H3,(H2,15,16,17,18). The number of carbonyl (C=O) groups is 2. The van der Waals surface area contributed by atoms with E-state index in [-0.39, 0.29) is 6.10 Å². The Kier molecular flexibility index (Phi) is 4.95. The van der Waals surface area contributed by atoms with Crippen LogP contribution in [-0.4, -0.2) is 38.3 Å². The molecule has 1 aliphatic rings. The van der Waals surface area contributed by atoms with Crippen LogP contribution >= 0.6 is 0 Å². The van der Waals surface area contributed by atoms with Crippen molar-refractivity contribution in [3.63, 3.8) is 0 Å². The van der Waals surface area contributed by atoms with Gasteiger partial charge in [-0.05, 0) is 37.1 Å². The Morgan fingerprint density at radius 3 is 2.70 bits per heavy atom. The van der Waals surface area contributed by atoms with Crippen molar-refractivity contribution in [2.24, 2.45) is 0 Å². The molecule has 1 aromatic carbocycles. The van der Waals surface area contributed by atoms with Crippen molar-refractivity contribution in [2.45, 2.75) is 18.9 Å². The molecule has 1 aliphatic heterocycles. The minimum absolute atomic E-state index is 0.0526. The third kappa shape index (κ3) is 3.96. The molecular formula is C14H18N2O4. The van der Waals surface area contributed by atoms with E-state index < -0.39 is 11.9 Å². The van der Waals surface area contributed by atoms with E-state index in [1.807, 2.05) is 0 Å². The fourth-order valence-corrected chi connectivity index (χ4v) is 1.97. The summed E-state index contributed by atoms with van der Waals surface area (Å²) in [5.41, 5.74) is 0.401. The van der Waals surface area contributed by atoms with Gasteiger partial charge >= 0.3 is 6.03 Å². The highest BCUT2D eigenvalue weighted by Crippen LogP contribution is 2.11. The van der Waals surface area contributed by atoms with E-state index in [2.05, 4.69) is 10.6 Å². The monoisotopic (exact) mass is 278 g/mol.